The van der Waals surface area contributed by atoms with Gasteiger partial charge in [-0.05, 0) is 41.0 Å². The standard InChI is InChI=1S/C9H20N2.C7H16N2.C4H10/c1-4-10-6-7-11(5-2)9(3)8-10;1-7-6-8(2)4-5-9(7)3;1-3-4-2/h9H,4-8H2,1-3H3;7H,4-6H2,1-3H3;3-4H2,1-2H3/t9-;;/m1../s1. The molecular formula is C20H46N4. The van der Waals surface area contributed by atoms with Gasteiger partial charge in [0.05, 0.1) is 0 Å². The SMILES string of the molecule is CC1CN(C)CCN1C.CCCC.CCN1CCN(CC)[C@H](C)C1. The third-order valence-corrected chi connectivity index (χ3v) is 5.37. The lowest BCUT2D eigenvalue weighted by atomic mass is 10.2. The van der Waals surface area contributed by atoms with Gasteiger partial charge < -0.3 is 14.7 Å². The summed E-state index contributed by atoms with van der Waals surface area (Å²) in [5, 5.41) is 0. The summed E-state index contributed by atoms with van der Waals surface area (Å²) in [6.07, 6.45) is 2.64. The molecule has 4 heteroatoms. The van der Waals surface area contributed by atoms with Crippen molar-refractivity contribution in [2.24, 2.45) is 0 Å². The van der Waals surface area contributed by atoms with E-state index in [1.807, 2.05) is 0 Å². The molecule has 0 aromatic rings. The molecule has 2 aliphatic heterocycles. The van der Waals surface area contributed by atoms with Crippen LogP contribution in [0.15, 0.2) is 0 Å². The van der Waals surface area contributed by atoms with E-state index in [0.717, 1.165) is 12.1 Å². The molecule has 0 N–H and O–H groups in total. The van der Waals surface area contributed by atoms with Gasteiger partial charge in [-0.2, -0.15) is 0 Å². The largest absolute Gasteiger partial charge is 0.304 e. The average Bonchev–Trinajstić information content (AvgIpc) is 2.59. The van der Waals surface area contributed by atoms with Gasteiger partial charge >= 0.3 is 0 Å². The molecule has 24 heavy (non-hydrogen) atoms. The van der Waals surface area contributed by atoms with Gasteiger partial charge in [0.2, 0.25) is 0 Å². The second kappa shape index (κ2) is 14.1. The fraction of sp³-hybridized carbons (Fsp3) is 1.00. The Hall–Kier alpha value is -0.160. The number of piperazine rings is 2. The van der Waals surface area contributed by atoms with Crippen LogP contribution in [0.25, 0.3) is 0 Å². The summed E-state index contributed by atoms with van der Waals surface area (Å²) in [5.74, 6) is 0. The van der Waals surface area contributed by atoms with Crippen molar-refractivity contribution in [2.75, 3.05) is 66.5 Å². The van der Waals surface area contributed by atoms with E-state index in [1.54, 1.807) is 0 Å². The Bertz CT molecular complexity index is 283. The van der Waals surface area contributed by atoms with Crippen LogP contribution in [0.1, 0.15) is 54.4 Å². The predicted molar refractivity (Wildman–Crippen MR) is 109 cm³/mol. The van der Waals surface area contributed by atoms with Crippen molar-refractivity contribution in [3.8, 4) is 0 Å². The molecule has 2 fully saturated rings. The Kier molecular flexibility index (Phi) is 14.0. The summed E-state index contributed by atoms with van der Waals surface area (Å²) in [6.45, 7) is 23.3. The molecule has 2 saturated heterocycles. The fourth-order valence-corrected chi connectivity index (χ4v) is 3.06. The lowest BCUT2D eigenvalue weighted by Crippen LogP contribution is -2.51. The molecule has 0 radical (unpaired) electrons. The molecule has 146 valence electrons. The maximum atomic E-state index is 2.55. The van der Waals surface area contributed by atoms with Gasteiger partial charge in [0.15, 0.2) is 0 Å². The summed E-state index contributed by atoms with van der Waals surface area (Å²) >= 11 is 0. The first kappa shape index (κ1) is 23.8. The highest BCUT2D eigenvalue weighted by Gasteiger charge is 2.20. The van der Waals surface area contributed by atoms with Crippen molar-refractivity contribution in [2.45, 2.75) is 66.5 Å². The molecule has 0 aromatic heterocycles. The molecule has 0 aliphatic carbocycles. The van der Waals surface area contributed by atoms with E-state index < -0.39 is 0 Å². The molecule has 0 bridgehead atoms. The lowest BCUT2D eigenvalue weighted by molar-refractivity contribution is 0.0919. The van der Waals surface area contributed by atoms with E-state index in [1.165, 1.54) is 65.2 Å². The van der Waals surface area contributed by atoms with Gasteiger partial charge in [-0.1, -0.05) is 40.5 Å². The molecule has 2 atom stereocenters. The first-order valence-electron chi connectivity index (χ1n) is 10.2. The monoisotopic (exact) mass is 342 g/mol. The van der Waals surface area contributed by atoms with E-state index in [0.29, 0.717) is 0 Å². The molecule has 0 saturated carbocycles. The zero-order valence-corrected chi connectivity index (χ0v) is 18.0. The third kappa shape index (κ3) is 9.97. The third-order valence-electron chi connectivity index (χ3n) is 5.37. The summed E-state index contributed by atoms with van der Waals surface area (Å²) in [5.41, 5.74) is 0. The summed E-state index contributed by atoms with van der Waals surface area (Å²) in [7, 11) is 4.38. The highest BCUT2D eigenvalue weighted by Crippen LogP contribution is 2.07. The molecule has 2 rings (SSSR count). The zero-order valence-electron chi connectivity index (χ0n) is 18.0. The molecule has 1 unspecified atom stereocenters. The predicted octanol–water partition coefficient (Wildman–Crippen LogP) is 3.09. The van der Waals surface area contributed by atoms with Gasteiger partial charge in [0, 0.05) is 51.4 Å². The van der Waals surface area contributed by atoms with Gasteiger partial charge in [0.25, 0.3) is 0 Å². The Labute approximate surface area is 153 Å². The fourth-order valence-electron chi connectivity index (χ4n) is 3.06. The lowest BCUT2D eigenvalue weighted by Gasteiger charge is -2.38. The smallest absolute Gasteiger partial charge is 0.0195 e. The maximum absolute atomic E-state index is 2.55. The van der Waals surface area contributed by atoms with E-state index in [4.69, 9.17) is 0 Å². The van der Waals surface area contributed by atoms with Crippen molar-refractivity contribution in [3.05, 3.63) is 0 Å². The van der Waals surface area contributed by atoms with Crippen LogP contribution in [0.3, 0.4) is 0 Å². The van der Waals surface area contributed by atoms with Gasteiger partial charge in [-0.25, -0.2) is 0 Å². The number of unbranched alkanes of at least 4 members (excludes halogenated alkanes) is 1. The Morgan fingerprint density at radius 3 is 1.71 bits per heavy atom. The molecule has 0 aromatic carbocycles. The van der Waals surface area contributed by atoms with E-state index in [9.17, 15) is 0 Å². The molecule has 2 heterocycles. The van der Waals surface area contributed by atoms with Crippen LogP contribution in [0.4, 0.5) is 0 Å². The van der Waals surface area contributed by atoms with Crippen LogP contribution in [0, 0.1) is 0 Å². The van der Waals surface area contributed by atoms with Crippen LogP contribution in [-0.2, 0) is 0 Å². The quantitative estimate of drug-likeness (QED) is 0.781. The highest BCUT2D eigenvalue weighted by atomic mass is 15.3. The number of likely N-dealkylation sites (N-methyl/N-ethyl adjacent to an activating group) is 4. The maximum Gasteiger partial charge on any atom is 0.0195 e. The molecule has 4 nitrogen and oxygen atoms in total. The van der Waals surface area contributed by atoms with Crippen LogP contribution in [0.5, 0.6) is 0 Å². The van der Waals surface area contributed by atoms with E-state index in [2.05, 4.69) is 75.2 Å². The Balaban J connectivity index is 0.000000367. The first-order chi connectivity index (χ1) is 11.4. The van der Waals surface area contributed by atoms with Crippen molar-refractivity contribution >= 4 is 0 Å². The Morgan fingerprint density at radius 2 is 1.33 bits per heavy atom. The van der Waals surface area contributed by atoms with Crippen molar-refractivity contribution in [1.82, 2.24) is 19.6 Å². The topological polar surface area (TPSA) is 13.0 Å². The minimum Gasteiger partial charge on any atom is -0.304 e. The average molecular weight is 343 g/mol. The van der Waals surface area contributed by atoms with Crippen LogP contribution < -0.4 is 0 Å². The van der Waals surface area contributed by atoms with Crippen LogP contribution in [-0.4, -0.2) is 98.1 Å². The molecular weight excluding hydrogens is 296 g/mol. The van der Waals surface area contributed by atoms with Gasteiger partial charge in [-0.15, -0.1) is 0 Å². The van der Waals surface area contributed by atoms with Crippen molar-refractivity contribution in [3.63, 3.8) is 0 Å². The summed E-state index contributed by atoms with van der Waals surface area (Å²) in [4.78, 5) is 9.85. The highest BCUT2D eigenvalue weighted by molar-refractivity contribution is 4.77. The van der Waals surface area contributed by atoms with E-state index in [-0.39, 0.29) is 0 Å². The second-order valence-electron chi connectivity index (χ2n) is 7.46. The van der Waals surface area contributed by atoms with Gasteiger partial charge in [0.1, 0.15) is 0 Å². The molecule has 0 spiro atoms. The van der Waals surface area contributed by atoms with Crippen molar-refractivity contribution < 1.29 is 0 Å². The summed E-state index contributed by atoms with van der Waals surface area (Å²) < 4.78 is 0. The number of rotatable bonds is 3. The van der Waals surface area contributed by atoms with Crippen molar-refractivity contribution in [1.29, 1.82) is 0 Å². The normalized spacial score (nSPS) is 27.0. The van der Waals surface area contributed by atoms with Crippen LogP contribution in [0.2, 0.25) is 0 Å². The molecule has 2 aliphatic rings. The first-order valence-corrected chi connectivity index (χ1v) is 10.2. The minimum atomic E-state index is 0.740. The summed E-state index contributed by atoms with van der Waals surface area (Å²) in [6, 6.07) is 1.50. The number of hydrogen-bond donors (Lipinski definition) is 0. The van der Waals surface area contributed by atoms with Crippen LogP contribution >= 0.6 is 0 Å². The number of nitrogens with zero attached hydrogens (tertiary/aromatic N) is 4. The minimum absolute atomic E-state index is 0.740. The second-order valence-corrected chi connectivity index (χ2v) is 7.46. The molecule has 0 amide bonds. The Morgan fingerprint density at radius 1 is 0.708 bits per heavy atom. The zero-order chi connectivity index (χ0) is 18.5. The van der Waals surface area contributed by atoms with Gasteiger partial charge in [-0.3, -0.25) is 4.90 Å². The van der Waals surface area contributed by atoms with E-state index >= 15 is 0 Å². The number of hydrogen-bond acceptors (Lipinski definition) is 4.